The van der Waals surface area contributed by atoms with Crippen molar-refractivity contribution in [1.82, 2.24) is 0 Å². The van der Waals surface area contributed by atoms with E-state index in [1.54, 1.807) is 12.1 Å². The van der Waals surface area contributed by atoms with Gasteiger partial charge < -0.3 is 0 Å². The number of benzene rings is 10. The first-order valence-corrected chi connectivity index (χ1v) is 21.2. The number of carbonyl (C=O) groups is 4. The van der Waals surface area contributed by atoms with E-state index in [-0.39, 0.29) is 22.4 Å². The van der Waals surface area contributed by atoms with Crippen molar-refractivity contribution in [1.29, 1.82) is 0 Å². The molecular formula is C50H30N2O7S. The fourth-order valence-electron chi connectivity index (χ4n) is 10.4. The lowest BCUT2D eigenvalue weighted by Gasteiger charge is -2.31. The molecule has 60 heavy (non-hydrogen) atoms. The van der Waals surface area contributed by atoms with Crippen LogP contribution in [-0.2, 0) is 23.0 Å². The maximum Gasteiger partial charge on any atom is 0.294 e. The van der Waals surface area contributed by atoms with E-state index < -0.39 is 21.9 Å². The summed E-state index contributed by atoms with van der Waals surface area (Å²) in [5.74, 6) is -1.73. The zero-order valence-corrected chi connectivity index (χ0v) is 32.9. The van der Waals surface area contributed by atoms with Gasteiger partial charge in [0.05, 0.1) is 16.3 Å². The molecule has 0 aliphatic carbocycles. The van der Waals surface area contributed by atoms with Crippen LogP contribution in [0.15, 0.2) is 120 Å². The summed E-state index contributed by atoms with van der Waals surface area (Å²) in [5, 5.41) is 12.6. The Bertz CT molecular complexity index is 3610. The van der Waals surface area contributed by atoms with E-state index in [0.717, 1.165) is 92.8 Å². The van der Waals surface area contributed by atoms with Gasteiger partial charge >= 0.3 is 0 Å². The molecule has 0 radical (unpaired) electrons. The quantitative estimate of drug-likeness (QED) is 0.0794. The topological polar surface area (TPSA) is 129 Å². The molecule has 2 aliphatic rings. The van der Waals surface area contributed by atoms with Crippen molar-refractivity contribution in [2.45, 2.75) is 31.6 Å². The fourth-order valence-corrected chi connectivity index (χ4v) is 10.8. The first-order chi connectivity index (χ1) is 29.0. The Kier molecular flexibility index (Phi) is 6.77. The second-order valence-electron chi connectivity index (χ2n) is 15.7. The first-order valence-electron chi connectivity index (χ1n) is 19.8. The van der Waals surface area contributed by atoms with Crippen molar-refractivity contribution < 1.29 is 32.1 Å². The molecule has 2 heterocycles. The molecule has 10 aromatic rings. The average molecular weight is 803 g/mol. The summed E-state index contributed by atoms with van der Waals surface area (Å²) in [6.07, 6.45) is 1.36. The molecule has 12 rings (SSSR count). The molecule has 9 nitrogen and oxygen atoms in total. The van der Waals surface area contributed by atoms with Crippen molar-refractivity contribution in [3.05, 3.63) is 149 Å². The molecule has 0 aromatic heterocycles. The number of imide groups is 2. The second kappa shape index (κ2) is 11.7. The summed E-state index contributed by atoms with van der Waals surface area (Å²) in [7, 11) is -4.47. The SMILES string of the molecule is CCc1cccc(CC)c1N1C(=O)c2ccc3c4ccc5c6ccc7c8c(ccc(c9ccc(c%10ccc(c2c3%10)C1=O)c4c59)c86)C(=O)N(c1ccc(S(=O)(=O)O)cc1)C7=O. The van der Waals surface area contributed by atoms with Crippen LogP contribution in [0.1, 0.15) is 66.4 Å². The number of amides is 4. The Labute approximate surface area is 341 Å². The molecule has 4 amide bonds. The summed E-state index contributed by atoms with van der Waals surface area (Å²) >= 11 is 0. The second-order valence-corrected chi connectivity index (χ2v) is 17.1. The van der Waals surface area contributed by atoms with Crippen LogP contribution in [0.5, 0.6) is 0 Å². The molecule has 0 saturated carbocycles. The number of anilines is 2. The van der Waals surface area contributed by atoms with Crippen LogP contribution in [0, 0.1) is 0 Å². The summed E-state index contributed by atoms with van der Waals surface area (Å²) in [5.41, 5.74) is 4.45. The molecule has 2 aliphatic heterocycles. The van der Waals surface area contributed by atoms with Crippen molar-refractivity contribution in [2.24, 2.45) is 0 Å². The van der Waals surface area contributed by atoms with Crippen molar-refractivity contribution in [3.8, 4) is 0 Å². The van der Waals surface area contributed by atoms with Gasteiger partial charge in [-0.1, -0.05) is 80.6 Å². The Morgan fingerprint density at radius 2 is 0.733 bits per heavy atom. The van der Waals surface area contributed by atoms with E-state index in [9.17, 15) is 32.1 Å². The monoisotopic (exact) mass is 802 g/mol. The summed E-state index contributed by atoms with van der Waals surface area (Å²) in [6, 6.07) is 34.4. The lowest BCUT2D eigenvalue weighted by Crippen LogP contribution is -2.41. The predicted octanol–water partition coefficient (Wildman–Crippen LogP) is 10.6. The molecule has 0 saturated heterocycles. The number of nitrogens with zero attached hydrogens (tertiary/aromatic N) is 2. The molecule has 0 fully saturated rings. The normalized spacial score (nSPS) is 14.6. The summed E-state index contributed by atoms with van der Waals surface area (Å²) in [6.45, 7) is 4.07. The number of fused-ring (bicyclic) bond motifs is 4. The first kappa shape index (κ1) is 34.7. The molecule has 1 N–H and O–H groups in total. The van der Waals surface area contributed by atoms with Crippen LogP contribution in [0.25, 0.3) is 75.4 Å². The fraction of sp³-hybridized carbons (Fsp3) is 0.0800. The predicted molar refractivity (Wildman–Crippen MR) is 235 cm³/mol. The average Bonchev–Trinajstić information content (AvgIpc) is 3.26. The highest BCUT2D eigenvalue weighted by Crippen LogP contribution is 2.50. The minimum absolute atomic E-state index is 0.181. The standard InChI is InChI=1S/C50H30N2O7S/c1-3-24-6-5-7-25(4-2)46(24)52-49(55)38-22-18-34-30-14-12-28-32-16-20-36-44-37(48(54)51(47(36)53)26-8-10-27(11-9-26)60(57,58)59)21-17-33(42(32)44)29-13-15-31(41(30)40(28)29)35-19-23-39(50(52)56)45(38)43(34)35/h5-23H,3-4H2,1-2H3,(H,57,58,59). The van der Waals surface area contributed by atoms with Crippen LogP contribution in [0.2, 0.25) is 0 Å². The molecular weight excluding hydrogens is 773 g/mol. The van der Waals surface area contributed by atoms with Gasteiger partial charge in [0.1, 0.15) is 0 Å². The third-order valence-electron chi connectivity index (χ3n) is 13.0. The van der Waals surface area contributed by atoms with Gasteiger partial charge in [-0.2, -0.15) is 8.42 Å². The Morgan fingerprint density at radius 1 is 0.417 bits per heavy atom. The van der Waals surface area contributed by atoms with E-state index in [4.69, 9.17) is 0 Å². The number of aryl methyl sites for hydroxylation is 2. The van der Waals surface area contributed by atoms with Crippen LogP contribution < -0.4 is 9.80 Å². The largest absolute Gasteiger partial charge is 0.294 e. The third kappa shape index (κ3) is 4.21. The number of rotatable bonds is 5. The Balaban J connectivity index is 1.08. The highest BCUT2D eigenvalue weighted by molar-refractivity contribution is 7.85. The summed E-state index contributed by atoms with van der Waals surface area (Å²) in [4.78, 5) is 59.5. The molecule has 10 aromatic carbocycles. The highest BCUT2D eigenvalue weighted by atomic mass is 32.2. The Hall–Kier alpha value is -7.27. The minimum Gasteiger partial charge on any atom is -0.282 e. The van der Waals surface area contributed by atoms with E-state index in [1.807, 2.05) is 68.4 Å². The molecule has 288 valence electrons. The van der Waals surface area contributed by atoms with Gasteiger partial charge in [-0.3, -0.25) is 23.7 Å². The number of hydrogen-bond acceptors (Lipinski definition) is 6. The van der Waals surface area contributed by atoms with Gasteiger partial charge in [0.15, 0.2) is 0 Å². The van der Waals surface area contributed by atoms with E-state index >= 15 is 0 Å². The van der Waals surface area contributed by atoms with Crippen LogP contribution in [-0.4, -0.2) is 36.6 Å². The summed E-state index contributed by atoms with van der Waals surface area (Å²) < 4.78 is 32.8. The van der Waals surface area contributed by atoms with Crippen molar-refractivity contribution in [3.63, 3.8) is 0 Å². The van der Waals surface area contributed by atoms with Gasteiger partial charge in [-0.25, -0.2) is 9.80 Å². The van der Waals surface area contributed by atoms with E-state index in [1.165, 1.54) is 17.0 Å². The third-order valence-corrected chi connectivity index (χ3v) is 13.8. The van der Waals surface area contributed by atoms with Crippen LogP contribution in [0.4, 0.5) is 11.4 Å². The molecule has 0 atom stereocenters. The van der Waals surface area contributed by atoms with E-state index in [0.29, 0.717) is 51.6 Å². The molecule has 10 heteroatoms. The van der Waals surface area contributed by atoms with E-state index in [2.05, 4.69) is 24.3 Å². The minimum atomic E-state index is -4.47. The lowest BCUT2D eigenvalue weighted by molar-refractivity contribution is 0.0877. The smallest absolute Gasteiger partial charge is 0.282 e. The number of carbonyl (C=O) groups excluding carboxylic acids is 4. The van der Waals surface area contributed by atoms with Crippen molar-refractivity contribution >= 4 is 121 Å². The maximum atomic E-state index is 14.5. The highest BCUT2D eigenvalue weighted by Gasteiger charge is 2.38. The van der Waals surface area contributed by atoms with Gasteiger partial charge in [0.2, 0.25) is 0 Å². The number of para-hydroxylation sites is 1. The maximum absolute atomic E-state index is 14.5. The van der Waals surface area contributed by atoms with Gasteiger partial charge in [0.25, 0.3) is 33.7 Å². The Morgan fingerprint density at radius 3 is 1.07 bits per heavy atom. The zero-order valence-electron chi connectivity index (χ0n) is 32.1. The number of hydrogen-bond donors (Lipinski definition) is 1. The van der Waals surface area contributed by atoms with Gasteiger partial charge in [-0.05, 0) is 137 Å². The van der Waals surface area contributed by atoms with Crippen LogP contribution in [0.3, 0.4) is 0 Å². The van der Waals surface area contributed by atoms with Crippen molar-refractivity contribution in [2.75, 3.05) is 9.80 Å². The van der Waals surface area contributed by atoms with Crippen LogP contribution >= 0.6 is 0 Å². The zero-order chi connectivity index (χ0) is 41.1. The van der Waals surface area contributed by atoms with Gasteiger partial charge in [-0.15, -0.1) is 0 Å². The molecule has 0 bridgehead atoms. The van der Waals surface area contributed by atoms with Gasteiger partial charge in [0, 0.05) is 33.0 Å². The molecule has 0 unspecified atom stereocenters. The lowest BCUT2D eigenvalue weighted by atomic mass is 9.80. The molecule has 0 spiro atoms.